The van der Waals surface area contributed by atoms with E-state index in [1.807, 2.05) is 36.4 Å². The first-order valence-electron chi connectivity index (χ1n) is 13.5. The van der Waals surface area contributed by atoms with E-state index in [1.165, 1.54) is 38.0 Å². The minimum Gasteiger partial charge on any atom is -0.371 e. The Morgan fingerprint density at radius 1 is 1.05 bits per heavy atom. The number of pyridine rings is 1. The monoisotopic (exact) mass is 498 g/mol. The molecule has 2 saturated heterocycles. The molecule has 2 unspecified atom stereocenters. The van der Waals surface area contributed by atoms with Crippen molar-refractivity contribution in [2.24, 2.45) is 5.92 Å². The van der Waals surface area contributed by atoms with Gasteiger partial charge in [-0.15, -0.1) is 0 Å². The summed E-state index contributed by atoms with van der Waals surface area (Å²) in [4.78, 5) is 22.7. The lowest BCUT2D eigenvalue weighted by atomic mass is 10.1. The van der Waals surface area contributed by atoms with Gasteiger partial charge in [0.1, 0.15) is 0 Å². The second-order valence-corrected chi connectivity index (χ2v) is 10.5. The fraction of sp³-hybridized carbons (Fsp3) is 0.419. The molecule has 37 heavy (non-hydrogen) atoms. The van der Waals surface area contributed by atoms with Crippen LogP contribution in [0.4, 0.5) is 11.4 Å². The molecule has 0 bridgehead atoms. The third-order valence-corrected chi connectivity index (χ3v) is 7.78. The number of carbonyl (C=O) groups excluding carboxylic acids is 1. The van der Waals surface area contributed by atoms with Crippen LogP contribution in [0.1, 0.15) is 53.4 Å². The zero-order valence-corrected chi connectivity index (χ0v) is 22.0. The molecule has 0 radical (unpaired) electrons. The Hall–Kier alpha value is -3.22. The van der Waals surface area contributed by atoms with Crippen LogP contribution in [-0.4, -0.2) is 48.0 Å². The average molecular weight is 499 g/mol. The van der Waals surface area contributed by atoms with E-state index >= 15 is 0 Å². The molecule has 3 heterocycles. The third kappa shape index (κ3) is 6.38. The summed E-state index contributed by atoms with van der Waals surface area (Å²) in [7, 11) is 0. The van der Waals surface area contributed by atoms with Crippen LogP contribution in [0.2, 0.25) is 0 Å². The van der Waals surface area contributed by atoms with Crippen LogP contribution in [0.15, 0.2) is 66.9 Å². The van der Waals surface area contributed by atoms with Gasteiger partial charge in [0.15, 0.2) is 0 Å². The second kappa shape index (κ2) is 11.9. The molecule has 2 aliphatic heterocycles. The van der Waals surface area contributed by atoms with Crippen LogP contribution in [0, 0.1) is 12.8 Å². The highest BCUT2D eigenvalue weighted by Crippen LogP contribution is 2.29. The van der Waals surface area contributed by atoms with Gasteiger partial charge in [-0.25, -0.2) is 0 Å². The van der Waals surface area contributed by atoms with Gasteiger partial charge in [-0.05, 0) is 87.0 Å². The van der Waals surface area contributed by atoms with Crippen molar-refractivity contribution in [2.45, 2.75) is 52.4 Å². The fourth-order valence-corrected chi connectivity index (χ4v) is 5.59. The highest BCUT2D eigenvalue weighted by Gasteiger charge is 2.28. The molecule has 6 heteroatoms. The number of nitrogens with zero attached hydrogens (tertiary/aromatic N) is 3. The smallest absolute Gasteiger partial charge is 0.257 e. The number of rotatable bonds is 9. The largest absolute Gasteiger partial charge is 0.371 e. The molecule has 1 aromatic heterocycles. The molecular formula is C31H38N4O2. The van der Waals surface area contributed by atoms with Gasteiger partial charge in [-0.2, -0.15) is 0 Å². The summed E-state index contributed by atoms with van der Waals surface area (Å²) in [5.74, 6) is 0.566. The Labute approximate surface area is 220 Å². The summed E-state index contributed by atoms with van der Waals surface area (Å²) in [6.45, 7) is 9.86. The van der Waals surface area contributed by atoms with Crippen molar-refractivity contribution < 1.29 is 9.53 Å². The van der Waals surface area contributed by atoms with Crippen molar-refractivity contribution in [3.05, 3.63) is 89.2 Å². The number of amides is 1. The number of likely N-dealkylation sites (tertiary alicyclic amines) is 1. The molecule has 1 N–H and O–H groups in total. The van der Waals surface area contributed by atoms with E-state index in [0.717, 1.165) is 41.9 Å². The Morgan fingerprint density at radius 2 is 1.92 bits per heavy atom. The van der Waals surface area contributed by atoms with E-state index in [9.17, 15) is 4.79 Å². The summed E-state index contributed by atoms with van der Waals surface area (Å²) < 4.78 is 5.85. The van der Waals surface area contributed by atoms with Crippen LogP contribution in [-0.2, 0) is 18.0 Å². The normalized spacial score (nSPS) is 19.9. The van der Waals surface area contributed by atoms with Crippen molar-refractivity contribution in [2.75, 3.05) is 36.4 Å². The molecule has 0 spiro atoms. The summed E-state index contributed by atoms with van der Waals surface area (Å²) in [5.41, 5.74) is 5.40. The molecule has 2 aliphatic rings. The Balaban J connectivity index is 1.18. The standard InChI is InChI=1S/C31H38N4O2/c1-23-18-27(35-17-14-26(20-35)19-34-16-7-8-24(34)2)12-13-29(23)33-31(36)28-11-6-15-32-30(28)22-37-21-25-9-4-3-5-10-25/h3-6,9-13,15,18,24,26H,7-8,14,16-17,19-22H2,1-2H3,(H,33,36). The number of aryl methyl sites for hydroxylation is 1. The molecule has 5 rings (SSSR count). The SMILES string of the molecule is Cc1cc(N2CCC(CN3CCCC3C)C2)ccc1NC(=O)c1cccnc1COCc1ccccc1. The first-order valence-corrected chi connectivity index (χ1v) is 13.5. The lowest BCUT2D eigenvalue weighted by molar-refractivity contribution is 0.0971. The minimum absolute atomic E-state index is 0.164. The van der Waals surface area contributed by atoms with Gasteiger partial charge in [0.25, 0.3) is 5.91 Å². The number of carbonyl (C=O) groups is 1. The van der Waals surface area contributed by atoms with E-state index in [4.69, 9.17) is 4.74 Å². The maximum Gasteiger partial charge on any atom is 0.257 e. The summed E-state index contributed by atoms with van der Waals surface area (Å²) in [5, 5.41) is 3.10. The van der Waals surface area contributed by atoms with Crippen LogP contribution in [0.25, 0.3) is 0 Å². The van der Waals surface area contributed by atoms with Gasteiger partial charge >= 0.3 is 0 Å². The van der Waals surface area contributed by atoms with Gasteiger partial charge in [-0.3, -0.25) is 9.78 Å². The topological polar surface area (TPSA) is 57.7 Å². The predicted molar refractivity (Wildman–Crippen MR) is 149 cm³/mol. The summed E-state index contributed by atoms with van der Waals surface area (Å²) in [6, 6.07) is 20.7. The van der Waals surface area contributed by atoms with E-state index in [0.29, 0.717) is 17.9 Å². The molecular weight excluding hydrogens is 460 g/mol. The van der Waals surface area contributed by atoms with E-state index in [-0.39, 0.29) is 12.5 Å². The number of anilines is 2. The first-order chi connectivity index (χ1) is 18.1. The highest BCUT2D eigenvalue weighted by atomic mass is 16.5. The molecule has 2 aromatic carbocycles. The zero-order chi connectivity index (χ0) is 25.6. The average Bonchev–Trinajstić information content (AvgIpc) is 3.55. The number of aromatic nitrogens is 1. The lowest BCUT2D eigenvalue weighted by Gasteiger charge is -2.25. The van der Waals surface area contributed by atoms with Crippen LogP contribution < -0.4 is 10.2 Å². The van der Waals surface area contributed by atoms with Crippen molar-refractivity contribution in [1.82, 2.24) is 9.88 Å². The lowest BCUT2D eigenvalue weighted by Crippen LogP contribution is -2.33. The van der Waals surface area contributed by atoms with Crippen LogP contribution in [0.3, 0.4) is 0 Å². The molecule has 0 aliphatic carbocycles. The maximum absolute atomic E-state index is 13.2. The zero-order valence-electron chi connectivity index (χ0n) is 22.0. The van der Waals surface area contributed by atoms with Crippen LogP contribution in [0.5, 0.6) is 0 Å². The maximum atomic E-state index is 13.2. The minimum atomic E-state index is -0.164. The number of nitrogens with one attached hydrogen (secondary N) is 1. The number of ether oxygens (including phenoxy) is 1. The van der Waals surface area contributed by atoms with Crippen molar-refractivity contribution in [3.63, 3.8) is 0 Å². The third-order valence-electron chi connectivity index (χ3n) is 7.78. The molecule has 3 aromatic rings. The van der Waals surface area contributed by atoms with E-state index in [2.05, 4.69) is 46.1 Å². The van der Waals surface area contributed by atoms with Crippen molar-refractivity contribution in [1.29, 1.82) is 0 Å². The second-order valence-electron chi connectivity index (χ2n) is 10.5. The molecule has 194 valence electrons. The van der Waals surface area contributed by atoms with Crippen molar-refractivity contribution in [3.8, 4) is 0 Å². The van der Waals surface area contributed by atoms with Gasteiger partial charge in [0.2, 0.25) is 0 Å². The molecule has 2 fully saturated rings. The first kappa shape index (κ1) is 25.4. The molecule has 1 amide bonds. The van der Waals surface area contributed by atoms with E-state index in [1.54, 1.807) is 18.3 Å². The van der Waals surface area contributed by atoms with Gasteiger partial charge in [-0.1, -0.05) is 30.3 Å². The highest BCUT2D eigenvalue weighted by molar-refractivity contribution is 6.05. The van der Waals surface area contributed by atoms with Gasteiger partial charge in [0, 0.05) is 43.2 Å². The molecule has 0 saturated carbocycles. The summed E-state index contributed by atoms with van der Waals surface area (Å²) in [6.07, 6.45) is 5.62. The molecule has 6 nitrogen and oxygen atoms in total. The van der Waals surface area contributed by atoms with Gasteiger partial charge < -0.3 is 19.9 Å². The molecule has 2 atom stereocenters. The number of hydrogen-bond donors (Lipinski definition) is 1. The Kier molecular flexibility index (Phi) is 8.17. The van der Waals surface area contributed by atoms with Gasteiger partial charge in [0.05, 0.1) is 24.5 Å². The predicted octanol–water partition coefficient (Wildman–Crippen LogP) is 5.67. The summed E-state index contributed by atoms with van der Waals surface area (Å²) >= 11 is 0. The quantitative estimate of drug-likeness (QED) is 0.412. The Morgan fingerprint density at radius 3 is 2.70 bits per heavy atom. The Bertz CT molecular complexity index is 1200. The number of hydrogen-bond acceptors (Lipinski definition) is 5. The van der Waals surface area contributed by atoms with Crippen LogP contribution >= 0.6 is 0 Å². The van der Waals surface area contributed by atoms with Crippen molar-refractivity contribution >= 4 is 17.3 Å². The van der Waals surface area contributed by atoms with E-state index < -0.39 is 0 Å². The number of benzene rings is 2. The fourth-order valence-electron chi connectivity index (χ4n) is 5.59.